The maximum Gasteiger partial charge on any atom is 0.0475 e. The van der Waals surface area contributed by atoms with E-state index in [0.717, 1.165) is 39.1 Å². The van der Waals surface area contributed by atoms with Gasteiger partial charge in [-0.15, -0.1) is 0 Å². The van der Waals surface area contributed by atoms with Gasteiger partial charge >= 0.3 is 0 Å². The van der Waals surface area contributed by atoms with Crippen LogP contribution in [-0.4, -0.2) is 50.8 Å². The van der Waals surface area contributed by atoms with Crippen molar-refractivity contribution in [1.29, 1.82) is 0 Å². The van der Waals surface area contributed by atoms with Gasteiger partial charge in [0.05, 0.1) is 0 Å². The minimum absolute atomic E-state index is 0.293. The first-order chi connectivity index (χ1) is 9.78. The van der Waals surface area contributed by atoms with Crippen molar-refractivity contribution in [3.63, 3.8) is 0 Å². The summed E-state index contributed by atoms with van der Waals surface area (Å²) in [4.78, 5) is 2.63. The topological polar surface area (TPSA) is 24.5 Å². The van der Waals surface area contributed by atoms with Gasteiger partial charge in [-0.25, -0.2) is 0 Å². The molecule has 0 saturated carbocycles. The average Bonchev–Trinajstić information content (AvgIpc) is 2.49. The predicted molar refractivity (Wildman–Crippen MR) is 82.2 cm³/mol. The van der Waals surface area contributed by atoms with Crippen molar-refractivity contribution < 1.29 is 4.74 Å². The van der Waals surface area contributed by atoms with Gasteiger partial charge in [-0.1, -0.05) is 29.8 Å². The minimum atomic E-state index is 0.293. The molecule has 0 amide bonds. The second-order valence-corrected chi connectivity index (χ2v) is 6.29. The lowest BCUT2D eigenvalue weighted by molar-refractivity contribution is 0.0320. The molecule has 0 aliphatic carbocycles. The van der Waals surface area contributed by atoms with Crippen LogP contribution in [0.2, 0.25) is 0 Å². The van der Waals surface area contributed by atoms with E-state index in [2.05, 4.69) is 41.4 Å². The quantitative estimate of drug-likeness (QED) is 0.912. The average molecular weight is 274 g/mol. The van der Waals surface area contributed by atoms with E-state index < -0.39 is 0 Å². The highest BCUT2D eigenvalue weighted by Crippen LogP contribution is 2.36. The van der Waals surface area contributed by atoms with Crippen LogP contribution in [-0.2, 0) is 10.2 Å². The normalized spacial score (nSPS) is 23.6. The Morgan fingerprint density at radius 2 is 1.95 bits per heavy atom. The summed E-state index contributed by atoms with van der Waals surface area (Å²) in [5.74, 6) is 0. The molecule has 1 N–H and O–H groups in total. The van der Waals surface area contributed by atoms with Gasteiger partial charge < -0.3 is 10.1 Å². The Morgan fingerprint density at radius 1 is 1.20 bits per heavy atom. The maximum atomic E-state index is 5.63. The third-order valence-corrected chi connectivity index (χ3v) is 4.82. The standard InChI is InChI=1S/C17H26N2O/c1-15-3-2-4-16(13-15)17(5-11-20-12-6-17)14-19-9-7-18-8-10-19/h2-4,13,18H,5-12,14H2,1H3. The van der Waals surface area contributed by atoms with E-state index in [0.29, 0.717) is 5.41 Å². The largest absolute Gasteiger partial charge is 0.381 e. The van der Waals surface area contributed by atoms with Crippen molar-refractivity contribution in [2.45, 2.75) is 25.2 Å². The zero-order valence-electron chi connectivity index (χ0n) is 12.5. The molecule has 3 nitrogen and oxygen atoms in total. The number of hydrogen-bond acceptors (Lipinski definition) is 3. The summed E-state index contributed by atoms with van der Waals surface area (Å²) in [6.07, 6.45) is 2.31. The molecule has 0 spiro atoms. The van der Waals surface area contributed by atoms with Crippen LogP contribution in [0.25, 0.3) is 0 Å². The van der Waals surface area contributed by atoms with Crippen LogP contribution in [0, 0.1) is 6.92 Å². The molecule has 20 heavy (non-hydrogen) atoms. The Kier molecular flexibility index (Phi) is 4.39. The van der Waals surface area contributed by atoms with E-state index in [1.165, 1.54) is 30.8 Å². The highest BCUT2D eigenvalue weighted by Gasteiger charge is 2.36. The van der Waals surface area contributed by atoms with E-state index in [4.69, 9.17) is 4.74 Å². The van der Waals surface area contributed by atoms with E-state index in [1.807, 2.05) is 0 Å². The van der Waals surface area contributed by atoms with E-state index >= 15 is 0 Å². The Balaban J connectivity index is 1.83. The van der Waals surface area contributed by atoms with Crippen molar-refractivity contribution in [2.24, 2.45) is 0 Å². The lowest BCUT2D eigenvalue weighted by Gasteiger charge is -2.42. The maximum absolute atomic E-state index is 5.63. The Hall–Kier alpha value is -0.900. The van der Waals surface area contributed by atoms with Gasteiger partial charge in [0.2, 0.25) is 0 Å². The highest BCUT2D eigenvalue weighted by atomic mass is 16.5. The molecule has 2 aliphatic rings. The number of ether oxygens (including phenoxy) is 1. The third-order valence-electron chi connectivity index (χ3n) is 4.82. The first kappa shape index (κ1) is 14.1. The minimum Gasteiger partial charge on any atom is -0.381 e. The monoisotopic (exact) mass is 274 g/mol. The van der Waals surface area contributed by atoms with Gasteiger partial charge in [-0.2, -0.15) is 0 Å². The molecule has 0 bridgehead atoms. The zero-order valence-corrected chi connectivity index (χ0v) is 12.5. The lowest BCUT2D eigenvalue weighted by Crippen LogP contribution is -2.51. The van der Waals surface area contributed by atoms with Crippen molar-refractivity contribution >= 4 is 0 Å². The van der Waals surface area contributed by atoms with Crippen LogP contribution < -0.4 is 5.32 Å². The number of nitrogens with zero attached hydrogens (tertiary/aromatic N) is 1. The molecule has 3 rings (SSSR count). The summed E-state index contributed by atoms with van der Waals surface area (Å²) >= 11 is 0. The van der Waals surface area contributed by atoms with Crippen LogP contribution in [0.3, 0.4) is 0 Å². The van der Waals surface area contributed by atoms with Crippen molar-refractivity contribution in [1.82, 2.24) is 10.2 Å². The van der Waals surface area contributed by atoms with Crippen LogP contribution in [0.4, 0.5) is 0 Å². The fourth-order valence-corrected chi connectivity index (χ4v) is 3.57. The second-order valence-electron chi connectivity index (χ2n) is 6.29. The van der Waals surface area contributed by atoms with Crippen LogP contribution in [0.15, 0.2) is 24.3 Å². The van der Waals surface area contributed by atoms with Crippen molar-refractivity contribution in [3.8, 4) is 0 Å². The summed E-state index contributed by atoms with van der Waals surface area (Å²) < 4.78 is 5.63. The summed E-state index contributed by atoms with van der Waals surface area (Å²) in [5, 5.41) is 3.45. The molecule has 0 unspecified atom stereocenters. The first-order valence-electron chi connectivity index (χ1n) is 7.87. The van der Waals surface area contributed by atoms with Gasteiger partial charge in [-0.05, 0) is 25.3 Å². The van der Waals surface area contributed by atoms with Crippen molar-refractivity contribution in [3.05, 3.63) is 35.4 Å². The lowest BCUT2D eigenvalue weighted by atomic mass is 9.73. The molecule has 3 heteroatoms. The third kappa shape index (κ3) is 3.05. The number of piperazine rings is 1. The van der Waals surface area contributed by atoms with Crippen LogP contribution in [0.1, 0.15) is 24.0 Å². The molecule has 0 atom stereocenters. The number of nitrogens with one attached hydrogen (secondary N) is 1. The van der Waals surface area contributed by atoms with Gasteiger partial charge in [0.15, 0.2) is 0 Å². The smallest absolute Gasteiger partial charge is 0.0475 e. The fourth-order valence-electron chi connectivity index (χ4n) is 3.57. The van der Waals surface area contributed by atoms with E-state index in [1.54, 1.807) is 0 Å². The molecular formula is C17H26N2O. The number of benzene rings is 1. The van der Waals surface area contributed by atoms with Crippen LogP contribution >= 0.6 is 0 Å². The molecule has 110 valence electrons. The molecule has 2 aliphatic heterocycles. The molecule has 0 radical (unpaired) electrons. The van der Waals surface area contributed by atoms with Gasteiger partial charge in [-0.3, -0.25) is 4.90 Å². The molecular weight excluding hydrogens is 248 g/mol. The summed E-state index contributed by atoms with van der Waals surface area (Å²) in [6.45, 7) is 9.78. The highest BCUT2D eigenvalue weighted by molar-refractivity contribution is 5.30. The number of rotatable bonds is 3. The molecule has 1 aromatic rings. The Bertz CT molecular complexity index is 434. The zero-order chi connectivity index (χ0) is 13.8. The van der Waals surface area contributed by atoms with Gasteiger partial charge in [0.1, 0.15) is 0 Å². The number of hydrogen-bond donors (Lipinski definition) is 1. The number of aryl methyl sites for hydroxylation is 1. The van der Waals surface area contributed by atoms with Gasteiger partial charge in [0.25, 0.3) is 0 Å². The summed E-state index contributed by atoms with van der Waals surface area (Å²) in [6, 6.07) is 9.11. The van der Waals surface area contributed by atoms with E-state index in [9.17, 15) is 0 Å². The predicted octanol–water partition coefficient (Wildman–Crippen LogP) is 1.95. The van der Waals surface area contributed by atoms with Crippen molar-refractivity contribution in [2.75, 3.05) is 45.9 Å². The Morgan fingerprint density at radius 3 is 2.65 bits per heavy atom. The SMILES string of the molecule is Cc1cccc(C2(CN3CCNCC3)CCOCC2)c1. The molecule has 2 saturated heterocycles. The van der Waals surface area contributed by atoms with Gasteiger partial charge in [0, 0.05) is 51.4 Å². The van der Waals surface area contributed by atoms with E-state index in [-0.39, 0.29) is 0 Å². The first-order valence-corrected chi connectivity index (χ1v) is 7.87. The molecule has 2 heterocycles. The fraction of sp³-hybridized carbons (Fsp3) is 0.647. The van der Waals surface area contributed by atoms with Crippen LogP contribution in [0.5, 0.6) is 0 Å². The summed E-state index contributed by atoms with van der Waals surface area (Å²) in [7, 11) is 0. The molecule has 1 aromatic carbocycles. The molecule has 0 aromatic heterocycles. The Labute approximate surface area is 122 Å². The second kappa shape index (κ2) is 6.25. The molecule has 2 fully saturated rings. The summed E-state index contributed by atoms with van der Waals surface area (Å²) in [5.41, 5.74) is 3.18.